The van der Waals surface area contributed by atoms with Crippen LogP contribution in [0.5, 0.6) is 11.5 Å². The van der Waals surface area contributed by atoms with Crippen LogP contribution in [0.2, 0.25) is 0 Å². The number of ether oxygens (including phenoxy) is 1. The number of carboxylic acids is 1. The molecule has 0 amide bonds. The number of hydrogen-bond donors (Lipinski definition) is 3. The number of carboxylic acid groups (broad SMARTS) is 1. The molecule has 1 aromatic heterocycles. The van der Waals surface area contributed by atoms with Gasteiger partial charge in [0.25, 0.3) is 0 Å². The van der Waals surface area contributed by atoms with Gasteiger partial charge in [-0.1, -0.05) is 43.3 Å². The summed E-state index contributed by atoms with van der Waals surface area (Å²) in [7, 11) is 0. The number of rotatable bonds is 6. The molecule has 8 nitrogen and oxygen atoms in total. The Morgan fingerprint density at radius 2 is 1.78 bits per heavy atom. The predicted molar refractivity (Wildman–Crippen MR) is 118 cm³/mol. The Kier molecular flexibility index (Phi) is 6.16. The van der Waals surface area contributed by atoms with E-state index in [1.54, 1.807) is 6.07 Å². The van der Waals surface area contributed by atoms with Gasteiger partial charge in [0, 0.05) is 25.7 Å². The molecule has 3 aromatic rings. The number of phenolic OH excluding ortho intramolecular Hbond substituents is 2. The van der Waals surface area contributed by atoms with Crippen molar-refractivity contribution in [3.8, 4) is 33.9 Å². The van der Waals surface area contributed by atoms with Crippen molar-refractivity contribution in [3.05, 3.63) is 53.2 Å². The smallest absolute Gasteiger partial charge is 0.358 e. The quantitative estimate of drug-likeness (QED) is 0.527. The van der Waals surface area contributed by atoms with Crippen LogP contribution in [0.15, 0.2) is 40.9 Å². The SMILES string of the molecule is CC(C)c1cc(-c2onc(C(=O)O)c2-c2ccc(CN3CCOCC3)cc2)c(O)cc1O. The maximum atomic E-state index is 11.8. The van der Waals surface area contributed by atoms with E-state index in [0.717, 1.165) is 38.4 Å². The van der Waals surface area contributed by atoms with E-state index in [4.69, 9.17) is 9.26 Å². The molecule has 0 unspecified atom stereocenters. The second-order valence-electron chi connectivity index (χ2n) is 8.21. The van der Waals surface area contributed by atoms with Gasteiger partial charge >= 0.3 is 5.97 Å². The van der Waals surface area contributed by atoms with Gasteiger partial charge in [-0.05, 0) is 28.7 Å². The molecule has 0 aliphatic carbocycles. The third-order valence-corrected chi connectivity index (χ3v) is 5.66. The molecule has 1 aliphatic rings. The normalized spacial score (nSPS) is 14.7. The van der Waals surface area contributed by atoms with Gasteiger partial charge in [0.1, 0.15) is 11.5 Å². The number of morpholine rings is 1. The fourth-order valence-corrected chi connectivity index (χ4v) is 3.92. The molecular formula is C24H26N2O6. The van der Waals surface area contributed by atoms with Crippen LogP contribution in [0.1, 0.15) is 41.4 Å². The number of phenols is 2. The van der Waals surface area contributed by atoms with Crippen molar-refractivity contribution in [2.45, 2.75) is 26.3 Å². The van der Waals surface area contributed by atoms with Crippen LogP contribution in [-0.4, -0.2) is 57.6 Å². The van der Waals surface area contributed by atoms with Gasteiger partial charge in [0.2, 0.25) is 0 Å². The lowest BCUT2D eigenvalue weighted by Gasteiger charge is -2.26. The van der Waals surface area contributed by atoms with E-state index in [9.17, 15) is 20.1 Å². The van der Waals surface area contributed by atoms with Crippen LogP contribution in [0, 0.1) is 0 Å². The number of aromatic carboxylic acids is 1. The van der Waals surface area contributed by atoms with Gasteiger partial charge < -0.3 is 24.6 Å². The van der Waals surface area contributed by atoms with Crippen LogP contribution in [0.3, 0.4) is 0 Å². The zero-order valence-electron chi connectivity index (χ0n) is 18.0. The van der Waals surface area contributed by atoms with Crippen LogP contribution in [-0.2, 0) is 11.3 Å². The Morgan fingerprint density at radius 3 is 2.41 bits per heavy atom. The molecule has 1 aliphatic heterocycles. The molecule has 1 saturated heterocycles. The summed E-state index contributed by atoms with van der Waals surface area (Å²) in [5.74, 6) is -1.35. The first-order valence-electron chi connectivity index (χ1n) is 10.5. The second kappa shape index (κ2) is 9.02. The van der Waals surface area contributed by atoms with Crippen molar-refractivity contribution in [2.24, 2.45) is 0 Å². The topological polar surface area (TPSA) is 116 Å². The molecule has 168 valence electrons. The van der Waals surface area contributed by atoms with Crippen molar-refractivity contribution in [3.63, 3.8) is 0 Å². The summed E-state index contributed by atoms with van der Waals surface area (Å²) in [5, 5.41) is 34.1. The molecule has 0 saturated carbocycles. The minimum atomic E-state index is -1.23. The third-order valence-electron chi connectivity index (χ3n) is 5.66. The van der Waals surface area contributed by atoms with Gasteiger partial charge in [0.05, 0.1) is 24.3 Å². The number of hydrogen-bond acceptors (Lipinski definition) is 7. The van der Waals surface area contributed by atoms with Crippen molar-refractivity contribution in [1.29, 1.82) is 0 Å². The summed E-state index contributed by atoms with van der Waals surface area (Å²) in [5.41, 5.74) is 2.64. The summed E-state index contributed by atoms with van der Waals surface area (Å²) in [6, 6.07) is 10.4. The molecule has 0 atom stereocenters. The summed E-state index contributed by atoms with van der Waals surface area (Å²) in [6.07, 6.45) is 0. The van der Waals surface area contributed by atoms with Gasteiger partial charge in [-0.15, -0.1) is 0 Å². The molecule has 32 heavy (non-hydrogen) atoms. The van der Waals surface area contributed by atoms with Crippen molar-refractivity contribution < 1.29 is 29.4 Å². The lowest BCUT2D eigenvalue weighted by molar-refractivity contribution is 0.0342. The maximum Gasteiger partial charge on any atom is 0.358 e. The summed E-state index contributed by atoms with van der Waals surface area (Å²) in [6.45, 7) is 7.79. The first kappa shape index (κ1) is 21.9. The van der Waals surface area contributed by atoms with Crippen molar-refractivity contribution in [1.82, 2.24) is 10.1 Å². The van der Waals surface area contributed by atoms with E-state index in [1.165, 1.54) is 6.07 Å². The highest BCUT2D eigenvalue weighted by atomic mass is 16.5. The molecule has 2 aromatic carbocycles. The zero-order chi connectivity index (χ0) is 22.8. The molecule has 0 radical (unpaired) electrons. The first-order chi connectivity index (χ1) is 15.3. The largest absolute Gasteiger partial charge is 0.508 e. The molecule has 3 N–H and O–H groups in total. The lowest BCUT2D eigenvalue weighted by atomic mass is 9.94. The zero-order valence-corrected chi connectivity index (χ0v) is 18.0. The highest BCUT2D eigenvalue weighted by Crippen LogP contribution is 2.43. The number of aromatic nitrogens is 1. The fourth-order valence-electron chi connectivity index (χ4n) is 3.92. The molecule has 4 rings (SSSR count). The van der Waals surface area contributed by atoms with E-state index in [1.807, 2.05) is 38.1 Å². The highest BCUT2D eigenvalue weighted by Gasteiger charge is 2.27. The number of nitrogens with zero attached hydrogens (tertiary/aromatic N) is 2. The lowest BCUT2D eigenvalue weighted by Crippen LogP contribution is -2.35. The van der Waals surface area contributed by atoms with E-state index in [-0.39, 0.29) is 40.0 Å². The van der Waals surface area contributed by atoms with E-state index >= 15 is 0 Å². The highest BCUT2D eigenvalue weighted by molar-refractivity contribution is 5.99. The predicted octanol–water partition coefficient (Wildman–Crippen LogP) is 4.07. The van der Waals surface area contributed by atoms with Crippen LogP contribution < -0.4 is 0 Å². The third kappa shape index (κ3) is 4.32. The molecule has 0 bridgehead atoms. The number of carbonyl (C=O) groups is 1. The van der Waals surface area contributed by atoms with Gasteiger partial charge in [0.15, 0.2) is 11.5 Å². The average molecular weight is 438 g/mol. The summed E-state index contributed by atoms with van der Waals surface area (Å²) in [4.78, 5) is 14.1. The van der Waals surface area contributed by atoms with Gasteiger partial charge in [-0.3, -0.25) is 4.90 Å². The minimum absolute atomic E-state index is 0.0147. The molecule has 0 spiro atoms. The minimum Gasteiger partial charge on any atom is -0.508 e. The van der Waals surface area contributed by atoms with Crippen LogP contribution in [0.25, 0.3) is 22.5 Å². The molecular weight excluding hydrogens is 412 g/mol. The van der Waals surface area contributed by atoms with E-state index in [0.29, 0.717) is 11.1 Å². The Labute approximate surface area is 185 Å². The van der Waals surface area contributed by atoms with Gasteiger partial charge in [-0.2, -0.15) is 0 Å². The average Bonchev–Trinajstić information content (AvgIpc) is 3.20. The van der Waals surface area contributed by atoms with E-state index in [2.05, 4.69) is 10.1 Å². The van der Waals surface area contributed by atoms with Crippen molar-refractivity contribution in [2.75, 3.05) is 26.3 Å². The second-order valence-corrected chi connectivity index (χ2v) is 8.21. The van der Waals surface area contributed by atoms with Crippen LogP contribution in [0.4, 0.5) is 0 Å². The van der Waals surface area contributed by atoms with Gasteiger partial charge in [-0.25, -0.2) is 4.79 Å². The first-order valence-corrected chi connectivity index (χ1v) is 10.5. The van der Waals surface area contributed by atoms with Crippen molar-refractivity contribution >= 4 is 5.97 Å². The standard InChI is InChI=1S/C24H26N2O6/c1-14(2)17-11-18(20(28)12-19(17)27)23-21(22(24(29)30)25-32-23)16-5-3-15(4-6-16)13-26-7-9-31-10-8-26/h3-6,11-12,14,27-28H,7-10,13H2,1-2H3,(H,29,30). The number of aromatic hydroxyl groups is 2. The molecule has 2 heterocycles. The Balaban J connectivity index is 1.74. The molecule has 1 fully saturated rings. The Bertz CT molecular complexity index is 1110. The monoisotopic (exact) mass is 438 g/mol. The molecule has 8 heteroatoms. The summed E-state index contributed by atoms with van der Waals surface area (Å²) >= 11 is 0. The summed E-state index contributed by atoms with van der Waals surface area (Å²) < 4.78 is 10.8. The van der Waals surface area contributed by atoms with Crippen LogP contribution >= 0.6 is 0 Å². The number of benzene rings is 2. The van der Waals surface area contributed by atoms with E-state index < -0.39 is 5.97 Å². The fraction of sp³-hybridized carbons (Fsp3) is 0.333. The maximum absolute atomic E-state index is 11.8. The Morgan fingerprint density at radius 1 is 1.09 bits per heavy atom. The Hall–Kier alpha value is -3.36.